The fourth-order valence-corrected chi connectivity index (χ4v) is 2.85. The zero-order valence-electron chi connectivity index (χ0n) is 9.71. The zero-order chi connectivity index (χ0) is 11.2. The minimum atomic E-state index is -2.84. The van der Waals surface area contributed by atoms with Crippen LogP contribution in [0.3, 0.4) is 0 Å². The Morgan fingerprint density at radius 1 is 1.07 bits per heavy atom. The second-order valence-corrected chi connectivity index (χ2v) is 6.83. The van der Waals surface area contributed by atoms with Crippen molar-refractivity contribution in [3.63, 3.8) is 0 Å². The summed E-state index contributed by atoms with van der Waals surface area (Å²) in [7, 11) is -2.84. The van der Waals surface area contributed by atoms with Gasteiger partial charge in [0, 0.05) is 6.54 Å². The Labute approximate surface area is 88.2 Å². The molecule has 0 saturated heterocycles. The third-order valence-corrected chi connectivity index (χ3v) is 3.73. The first-order valence-electron chi connectivity index (χ1n) is 5.24. The fourth-order valence-electron chi connectivity index (χ4n) is 1.21. The molecule has 0 spiro atoms. The SMILES string of the molecule is CC(C)CNCCS(=O)(=O)CC(C)C. The molecule has 0 amide bonds. The lowest BCUT2D eigenvalue weighted by Gasteiger charge is -2.09. The van der Waals surface area contributed by atoms with E-state index in [-0.39, 0.29) is 11.7 Å². The van der Waals surface area contributed by atoms with Crippen molar-refractivity contribution in [2.45, 2.75) is 27.7 Å². The van der Waals surface area contributed by atoms with E-state index in [2.05, 4.69) is 19.2 Å². The highest BCUT2D eigenvalue weighted by molar-refractivity contribution is 7.91. The van der Waals surface area contributed by atoms with Crippen LogP contribution in [0.1, 0.15) is 27.7 Å². The van der Waals surface area contributed by atoms with Gasteiger partial charge in [-0.25, -0.2) is 8.42 Å². The van der Waals surface area contributed by atoms with Gasteiger partial charge in [-0.3, -0.25) is 0 Å². The van der Waals surface area contributed by atoms with Crippen LogP contribution in [-0.4, -0.2) is 33.0 Å². The summed E-state index contributed by atoms with van der Waals surface area (Å²) in [6.45, 7) is 9.54. The third kappa shape index (κ3) is 8.51. The summed E-state index contributed by atoms with van der Waals surface area (Å²) in [5, 5.41) is 3.14. The van der Waals surface area contributed by atoms with Gasteiger partial charge in [0.1, 0.15) is 0 Å². The van der Waals surface area contributed by atoms with Gasteiger partial charge in [0.15, 0.2) is 9.84 Å². The van der Waals surface area contributed by atoms with Gasteiger partial charge in [-0.2, -0.15) is 0 Å². The maximum absolute atomic E-state index is 11.4. The summed E-state index contributed by atoms with van der Waals surface area (Å²) >= 11 is 0. The second kappa shape index (κ2) is 6.40. The summed E-state index contributed by atoms with van der Waals surface area (Å²) in [5.41, 5.74) is 0. The standard InChI is InChI=1S/C10H23NO2S/c1-9(2)7-11-5-6-14(12,13)8-10(3)4/h9-11H,5-8H2,1-4H3. The Hall–Kier alpha value is -0.0900. The first kappa shape index (κ1) is 13.9. The molecule has 0 aromatic heterocycles. The lowest BCUT2D eigenvalue weighted by Crippen LogP contribution is -2.28. The van der Waals surface area contributed by atoms with Gasteiger partial charge in [-0.15, -0.1) is 0 Å². The minimum Gasteiger partial charge on any atom is -0.315 e. The van der Waals surface area contributed by atoms with Crippen molar-refractivity contribution >= 4 is 9.84 Å². The molecule has 0 aliphatic carbocycles. The highest BCUT2D eigenvalue weighted by Crippen LogP contribution is 1.99. The summed E-state index contributed by atoms with van der Waals surface area (Å²) in [6, 6.07) is 0. The zero-order valence-corrected chi connectivity index (χ0v) is 10.5. The monoisotopic (exact) mass is 221 g/mol. The molecule has 0 aromatic rings. The van der Waals surface area contributed by atoms with Crippen LogP contribution in [0.5, 0.6) is 0 Å². The van der Waals surface area contributed by atoms with Crippen molar-refractivity contribution in [2.75, 3.05) is 24.6 Å². The lowest BCUT2D eigenvalue weighted by molar-refractivity contribution is 0.553. The molecule has 0 bridgehead atoms. The van der Waals surface area contributed by atoms with Crippen molar-refractivity contribution in [3.8, 4) is 0 Å². The van der Waals surface area contributed by atoms with Gasteiger partial charge >= 0.3 is 0 Å². The van der Waals surface area contributed by atoms with Crippen LogP contribution in [0.2, 0.25) is 0 Å². The molecule has 86 valence electrons. The molecule has 4 heteroatoms. The average Bonchev–Trinajstić information content (AvgIpc) is 1.95. The first-order valence-corrected chi connectivity index (χ1v) is 7.07. The smallest absolute Gasteiger partial charge is 0.151 e. The number of rotatable bonds is 7. The summed E-state index contributed by atoms with van der Waals surface area (Å²) < 4.78 is 22.9. The van der Waals surface area contributed by atoms with E-state index < -0.39 is 9.84 Å². The summed E-state index contributed by atoms with van der Waals surface area (Å²) in [6.07, 6.45) is 0. The van der Waals surface area contributed by atoms with Gasteiger partial charge in [0.05, 0.1) is 11.5 Å². The molecular weight excluding hydrogens is 198 g/mol. The second-order valence-electron chi connectivity index (χ2n) is 4.61. The van der Waals surface area contributed by atoms with Gasteiger partial charge < -0.3 is 5.32 Å². The Bertz CT molecular complexity index is 233. The highest BCUT2D eigenvalue weighted by Gasteiger charge is 2.12. The van der Waals surface area contributed by atoms with Crippen LogP contribution in [0.25, 0.3) is 0 Å². The van der Waals surface area contributed by atoms with Crippen molar-refractivity contribution in [1.82, 2.24) is 5.32 Å². The Morgan fingerprint density at radius 3 is 2.07 bits per heavy atom. The van der Waals surface area contributed by atoms with E-state index in [0.29, 0.717) is 18.2 Å². The number of nitrogens with one attached hydrogen (secondary N) is 1. The van der Waals surface area contributed by atoms with Crippen molar-refractivity contribution in [1.29, 1.82) is 0 Å². The van der Waals surface area contributed by atoms with Crippen LogP contribution in [-0.2, 0) is 9.84 Å². The molecular formula is C10H23NO2S. The van der Waals surface area contributed by atoms with E-state index in [1.54, 1.807) is 0 Å². The van der Waals surface area contributed by atoms with Gasteiger partial charge in [-0.05, 0) is 18.4 Å². The molecule has 0 unspecified atom stereocenters. The molecule has 14 heavy (non-hydrogen) atoms. The van der Waals surface area contributed by atoms with Crippen LogP contribution in [0, 0.1) is 11.8 Å². The number of hydrogen-bond acceptors (Lipinski definition) is 3. The molecule has 0 atom stereocenters. The van der Waals surface area contributed by atoms with Crippen molar-refractivity contribution in [3.05, 3.63) is 0 Å². The Morgan fingerprint density at radius 2 is 1.64 bits per heavy atom. The van der Waals surface area contributed by atoms with E-state index in [4.69, 9.17) is 0 Å². The van der Waals surface area contributed by atoms with Crippen LogP contribution in [0.15, 0.2) is 0 Å². The molecule has 0 heterocycles. The Balaban J connectivity index is 3.67. The summed E-state index contributed by atoms with van der Waals surface area (Å²) in [4.78, 5) is 0. The van der Waals surface area contributed by atoms with Crippen LogP contribution >= 0.6 is 0 Å². The fraction of sp³-hybridized carbons (Fsp3) is 1.00. The summed E-state index contributed by atoms with van der Waals surface area (Å²) in [5.74, 6) is 1.36. The number of sulfone groups is 1. The molecule has 0 aliphatic rings. The highest BCUT2D eigenvalue weighted by atomic mass is 32.2. The average molecular weight is 221 g/mol. The molecule has 0 saturated carbocycles. The molecule has 0 aliphatic heterocycles. The van der Waals surface area contributed by atoms with Crippen molar-refractivity contribution < 1.29 is 8.42 Å². The lowest BCUT2D eigenvalue weighted by atomic mass is 10.2. The van der Waals surface area contributed by atoms with Crippen molar-refractivity contribution in [2.24, 2.45) is 11.8 Å². The molecule has 1 N–H and O–H groups in total. The third-order valence-electron chi connectivity index (χ3n) is 1.73. The normalized spacial score (nSPS) is 12.7. The molecule has 0 aromatic carbocycles. The first-order chi connectivity index (χ1) is 6.33. The van der Waals surface area contributed by atoms with Crippen LogP contribution < -0.4 is 5.32 Å². The predicted octanol–water partition coefficient (Wildman–Crippen LogP) is 1.30. The van der Waals surface area contributed by atoms with E-state index in [9.17, 15) is 8.42 Å². The Kier molecular flexibility index (Phi) is 6.36. The van der Waals surface area contributed by atoms with E-state index in [1.165, 1.54) is 0 Å². The van der Waals surface area contributed by atoms with E-state index in [0.717, 1.165) is 6.54 Å². The largest absolute Gasteiger partial charge is 0.315 e. The molecule has 0 fully saturated rings. The number of hydrogen-bond donors (Lipinski definition) is 1. The molecule has 3 nitrogen and oxygen atoms in total. The van der Waals surface area contributed by atoms with E-state index >= 15 is 0 Å². The molecule has 0 radical (unpaired) electrons. The van der Waals surface area contributed by atoms with Gasteiger partial charge in [0.25, 0.3) is 0 Å². The topological polar surface area (TPSA) is 46.2 Å². The van der Waals surface area contributed by atoms with Gasteiger partial charge in [0.2, 0.25) is 0 Å². The quantitative estimate of drug-likeness (QED) is 0.659. The van der Waals surface area contributed by atoms with E-state index in [1.807, 2.05) is 13.8 Å². The predicted molar refractivity (Wildman–Crippen MR) is 61.2 cm³/mol. The maximum atomic E-state index is 11.4. The van der Waals surface area contributed by atoms with Crippen LogP contribution in [0.4, 0.5) is 0 Å². The minimum absolute atomic E-state index is 0.227. The van der Waals surface area contributed by atoms with Gasteiger partial charge in [-0.1, -0.05) is 27.7 Å². The maximum Gasteiger partial charge on any atom is 0.151 e. The molecule has 0 rings (SSSR count).